The van der Waals surface area contributed by atoms with Gasteiger partial charge in [0.25, 0.3) is 5.91 Å². The molecule has 1 spiro atoms. The SMILES string of the molecule is C=CCN(C)C(=O)[C@@H]1[C@H]2C(=O)N(CCCO)C(C(=O)N(CC=C)c3ccccc3Cl)C23CC[C@H]1O3. The largest absolute Gasteiger partial charge is 0.396 e. The van der Waals surface area contributed by atoms with Gasteiger partial charge in [0, 0.05) is 33.3 Å². The van der Waals surface area contributed by atoms with Gasteiger partial charge in [-0.05, 0) is 31.4 Å². The average molecular weight is 502 g/mol. The first kappa shape index (κ1) is 25.4. The number of carbonyl (C=O) groups is 3. The van der Waals surface area contributed by atoms with Crippen LogP contribution in [0.1, 0.15) is 19.3 Å². The number of fused-ring (bicyclic) bond motifs is 1. The first-order valence-corrected chi connectivity index (χ1v) is 12.3. The summed E-state index contributed by atoms with van der Waals surface area (Å²) in [5.41, 5.74) is -0.594. The van der Waals surface area contributed by atoms with Crippen LogP contribution in [0.3, 0.4) is 0 Å². The fraction of sp³-hybridized carbons (Fsp3) is 0.500. The molecule has 3 amide bonds. The van der Waals surface area contributed by atoms with Gasteiger partial charge in [-0.2, -0.15) is 0 Å². The van der Waals surface area contributed by atoms with Crippen LogP contribution in [0.2, 0.25) is 5.02 Å². The number of aliphatic hydroxyl groups excluding tert-OH is 1. The summed E-state index contributed by atoms with van der Waals surface area (Å²) < 4.78 is 6.45. The number of likely N-dealkylation sites (tertiary alicyclic amines) is 1. The summed E-state index contributed by atoms with van der Waals surface area (Å²) in [4.78, 5) is 46.0. The molecule has 0 radical (unpaired) electrons. The molecule has 1 N–H and O–H groups in total. The lowest BCUT2D eigenvalue weighted by atomic mass is 9.70. The number of halogens is 1. The van der Waals surface area contributed by atoms with Crippen LogP contribution in [0.5, 0.6) is 0 Å². The zero-order valence-electron chi connectivity index (χ0n) is 19.9. The normalized spacial score (nSPS) is 28.7. The van der Waals surface area contributed by atoms with Crippen LogP contribution in [0.15, 0.2) is 49.6 Å². The molecule has 3 aliphatic heterocycles. The van der Waals surface area contributed by atoms with Crippen molar-refractivity contribution in [2.75, 3.05) is 38.2 Å². The predicted molar refractivity (Wildman–Crippen MR) is 133 cm³/mol. The van der Waals surface area contributed by atoms with Crippen molar-refractivity contribution in [1.82, 2.24) is 9.80 Å². The van der Waals surface area contributed by atoms with E-state index >= 15 is 0 Å². The van der Waals surface area contributed by atoms with Gasteiger partial charge in [0.1, 0.15) is 11.6 Å². The fourth-order valence-corrected chi connectivity index (χ4v) is 6.23. The summed E-state index contributed by atoms with van der Waals surface area (Å²) in [7, 11) is 1.68. The molecule has 35 heavy (non-hydrogen) atoms. The number of hydrogen-bond donors (Lipinski definition) is 1. The quantitative estimate of drug-likeness (QED) is 0.497. The summed E-state index contributed by atoms with van der Waals surface area (Å²) >= 11 is 6.44. The second kappa shape index (κ2) is 10.1. The number of nitrogens with zero attached hydrogens (tertiary/aromatic N) is 3. The Morgan fingerprint density at radius 2 is 1.97 bits per heavy atom. The maximum atomic E-state index is 14.2. The maximum absolute atomic E-state index is 14.2. The highest BCUT2D eigenvalue weighted by molar-refractivity contribution is 6.34. The molecule has 188 valence electrons. The van der Waals surface area contributed by atoms with E-state index in [4.69, 9.17) is 16.3 Å². The Labute approximate surface area is 210 Å². The van der Waals surface area contributed by atoms with Crippen molar-refractivity contribution in [3.05, 3.63) is 54.6 Å². The summed E-state index contributed by atoms with van der Waals surface area (Å²) in [5.74, 6) is -2.21. The molecule has 2 bridgehead atoms. The lowest BCUT2D eigenvalue weighted by molar-refractivity contribution is -0.144. The molecule has 3 saturated heterocycles. The van der Waals surface area contributed by atoms with Crippen LogP contribution >= 0.6 is 11.6 Å². The molecule has 8 nitrogen and oxygen atoms in total. The summed E-state index contributed by atoms with van der Waals surface area (Å²) in [5, 5.41) is 9.89. The van der Waals surface area contributed by atoms with Crippen LogP contribution in [0.4, 0.5) is 5.69 Å². The number of aliphatic hydroxyl groups is 1. The fourth-order valence-electron chi connectivity index (χ4n) is 5.99. The second-order valence-electron chi connectivity index (χ2n) is 9.36. The predicted octanol–water partition coefficient (Wildman–Crippen LogP) is 2.26. The van der Waals surface area contributed by atoms with Crippen LogP contribution in [0, 0.1) is 11.8 Å². The van der Waals surface area contributed by atoms with Crippen molar-refractivity contribution in [1.29, 1.82) is 0 Å². The van der Waals surface area contributed by atoms with Crippen molar-refractivity contribution >= 4 is 35.0 Å². The number of rotatable bonds is 10. The number of carbonyl (C=O) groups excluding carboxylic acids is 3. The van der Waals surface area contributed by atoms with Crippen molar-refractivity contribution in [3.63, 3.8) is 0 Å². The third-order valence-electron chi connectivity index (χ3n) is 7.38. The molecular weight excluding hydrogens is 470 g/mol. The third-order valence-corrected chi connectivity index (χ3v) is 7.70. The van der Waals surface area contributed by atoms with Gasteiger partial charge < -0.3 is 24.5 Å². The molecule has 2 unspecified atom stereocenters. The topological polar surface area (TPSA) is 90.4 Å². The van der Waals surface area contributed by atoms with Crippen molar-refractivity contribution in [2.45, 2.75) is 37.0 Å². The molecular formula is C26H32ClN3O5. The third kappa shape index (κ3) is 4.07. The van der Waals surface area contributed by atoms with E-state index in [-0.39, 0.29) is 37.4 Å². The number of benzene rings is 1. The molecule has 3 fully saturated rings. The first-order chi connectivity index (χ1) is 16.8. The van der Waals surface area contributed by atoms with Gasteiger partial charge in [-0.15, -0.1) is 13.2 Å². The van der Waals surface area contributed by atoms with Crippen molar-refractivity contribution < 1.29 is 24.2 Å². The standard InChI is InChI=1S/C26H32ClN3O5/c1-4-13-28(3)23(32)20-19-11-12-26(35-19)21(20)24(33)30(15-8-16-31)22(26)25(34)29(14-5-2)18-10-7-6-9-17(18)27/h4-7,9-10,19-22,31H,1-2,8,11-16H2,3H3/t19-,20+,21+,22?,26?/m1/s1. The van der Waals surface area contributed by atoms with Gasteiger partial charge in [-0.25, -0.2) is 0 Å². The summed E-state index contributed by atoms with van der Waals surface area (Å²) in [6, 6.07) is 6.08. The van der Waals surface area contributed by atoms with E-state index in [0.29, 0.717) is 36.5 Å². The Kier molecular flexibility index (Phi) is 7.35. The van der Waals surface area contributed by atoms with Gasteiger partial charge in [-0.3, -0.25) is 14.4 Å². The van der Waals surface area contributed by atoms with Crippen LogP contribution < -0.4 is 4.90 Å². The van der Waals surface area contributed by atoms with E-state index in [1.807, 2.05) is 0 Å². The highest BCUT2D eigenvalue weighted by Gasteiger charge is 2.74. The lowest BCUT2D eigenvalue weighted by Gasteiger charge is -2.37. The molecule has 1 aromatic carbocycles. The minimum Gasteiger partial charge on any atom is -0.396 e. The molecule has 0 saturated carbocycles. The Morgan fingerprint density at radius 1 is 1.26 bits per heavy atom. The van der Waals surface area contributed by atoms with Gasteiger partial charge in [0.05, 0.1) is 28.6 Å². The lowest BCUT2D eigenvalue weighted by Crippen LogP contribution is -2.56. The van der Waals surface area contributed by atoms with E-state index in [1.54, 1.807) is 48.4 Å². The van der Waals surface area contributed by atoms with Gasteiger partial charge in [0.15, 0.2) is 0 Å². The van der Waals surface area contributed by atoms with Gasteiger partial charge in [-0.1, -0.05) is 35.9 Å². The number of hydrogen-bond acceptors (Lipinski definition) is 5. The molecule has 4 rings (SSSR count). The first-order valence-electron chi connectivity index (χ1n) is 11.9. The Morgan fingerprint density at radius 3 is 2.63 bits per heavy atom. The number of anilines is 1. The van der Waals surface area contributed by atoms with E-state index < -0.39 is 29.6 Å². The van der Waals surface area contributed by atoms with Crippen LogP contribution in [-0.4, -0.2) is 83.7 Å². The Bertz CT molecular complexity index is 1030. The average Bonchev–Trinajstić information content (AvgIpc) is 3.48. The number of amides is 3. The van der Waals surface area contributed by atoms with Gasteiger partial charge >= 0.3 is 0 Å². The summed E-state index contributed by atoms with van der Waals surface area (Å²) in [6.45, 7) is 8.09. The van der Waals surface area contributed by atoms with Crippen molar-refractivity contribution in [3.8, 4) is 0 Å². The van der Waals surface area contributed by atoms with Crippen LogP contribution in [-0.2, 0) is 19.1 Å². The molecule has 3 heterocycles. The molecule has 9 heteroatoms. The minimum atomic E-state index is -1.11. The van der Waals surface area contributed by atoms with Crippen molar-refractivity contribution in [2.24, 2.45) is 11.8 Å². The minimum absolute atomic E-state index is 0.128. The highest BCUT2D eigenvalue weighted by atomic mass is 35.5. The van der Waals surface area contributed by atoms with Crippen LogP contribution in [0.25, 0.3) is 0 Å². The highest BCUT2D eigenvalue weighted by Crippen LogP contribution is 2.59. The van der Waals surface area contributed by atoms with E-state index in [2.05, 4.69) is 13.2 Å². The monoisotopic (exact) mass is 501 g/mol. The Balaban J connectivity index is 1.77. The van der Waals surface area contributed by atoms with E-state index in [9.17, 15) is 19.5 Å². The smallest absolute Gasteiger partial charge is 0.253 e. The molecule has 0 aromatic heterocycles. The number of ether oxygens (including phenoxy) is 1. The zero-order valence-corrected chi connectivity index (χ0v) is 20.7. The molecule has 0 aliphatic carbocycles. The molecule has 1 aromatic rings. The Hall–Kier alpha value is -2.68. The maximum Gasteiger partial charge on any atom is 0.253 e. The number of para-hydroxylation sites is 1. The zero-order chi connectivity index (χ0) is 25.3. The van der Waals surface area contributed by atoms with E-state index in [0.717, 1.165) is 0 Å². The second-order valence-corrected chi connectivity index (χ2v) is 9.77. The van der Waals surface area contributed by atoms with Gasteiger partial charge in [0.2, 0.25) is 11.8 Å². The number of likely N-dealkylation sites (N-methyl/N-ethyl adjacent to an activating group) is 1. The summed E-state index contributed by atoms with van der Waals surface area (Å²) in [6.07, 6.45) is 4.22. The molecule has 3 aliphatic rings. The van der Waals surface area contributed by atoms with E-state index in [1.165, 1.54) is 9.80 Å². The molecule has 5 atom stereocenters.